The standard InChI is InChI=1S/C15H32O6/c1-5-15(19-12-9-16-6-2,20-13-10-17-7-3)21-14-11-18-8-4/h5-14H2,1-4H3. The van der Waals surface area contributed by atoms with Gasteiger partial charge in [-0.1, -0.05) is 6.92 Å². The van der Waals surface area contributed by atoms with E-state index in [1.54, 1.807) is 0 Å². The molecule has 0 amide bonds. The molecule has 0 unspecified atom stereocenters. The quantitative estimate of drug-likeness (QED) is 0.322. The number of hydrogen-bond acceptors (Lipinski definition) is 6. The van der Waals surface area contributed by atoms with Crippen LogP contribution in [0.3, 0.4) is 0 Å². The molecule has 0 aliphatic rings. The van der Waals surface area contributed by atoms with Crippen molar-refractivity contribution in [3.8, 4) is 0 Å². The summed E-state index contributed by atoms with van der Waals surface area (Å²) in [7, 11) is 0. The second-order valence-electron chi connectivity index (χ2n) is 4.17. The maximum Gasteiger partial charge on any atom is 0.282 e. The van der Waals surface area contributed by atoms with E-state index in [-0.39, 0.29) is 0 Å². The van der Waals surface area contributed by atoms with E-state index in [9.17, 15) is 0 Å². The molecule has 0 heterocycles. The highest BCUT2D eigenvalue weighted by molar-refractivity contribution is 4.56. The second kappa shape index (κ2) is 14.7. The Kier molecular flexibility index (Phi) is 14.5. The van der Waals surface area contributed by atoms with Crippen LogP contribution in [0.1, 0.15) is 34.1 Å². The maximum atomic E-state index is 5.76. The summed E-state index contributed by atoms with van der Waals surface area (Å²) >= 11 is 0. The molecule has 0 bridgehead atoms. The summed E-state index contributed by atoms with van der Waals surface area (Å²) in [5.41, 5.74) is 0. The average Bonchev–Trinajstić information content (AvgIpc) is 2.51. The van der Waals surface area contributed by atoms with Gasteiger partial charge in [-0.3, -0.25) is 0 Å². The van der Waals surface area contributed by atoms with Crippen molar-refractivity contribution in [3.63, 3.8) is 0 Å². The van der Waals surface area contributed by atoms with E-state index in [0.717, 1.165) is 0 Å². The minimum Gasteiger partial charge on any atom is -0.379 e. The SMILES string of the molecule is CCOCCOC(CC)(OCCOCC)OCCOCC. The van der Waals surface area contributed by atoms with Gasteiger partial charge in [0.25, 0.3) is 5.97 Å². The van der Waals surface area contributed by atoms with Crippen molar-refractivity contribution in [2.24, 2.45) is 0 Å². The highest BCUT2D eigenvalue weighted by Crippen LogP contribution is 2.20. The molecule has 0 aromatic carbocycles. The summed E-state index contributed by atoms with van der Waals surface area (Å²) in [6.07, 6.45) is 0.581. The van der Waals surface area contributed by atoms with Crippen LogP contribution in [0.15, 0.2) is 0 Å². The highest BCUT2D eigenvalue weighted by atomic mass is 16.9. The molecule has 0 aromatic heterocycles. The molecule has 0 atom stereocenters. The first-order valence-electron chi connectivity index (χ1n) is 7.89. The molecule has 6 nitrogen and oxygen atoms in total. The zero-order valence-corrected chi connectivity index (χ0v) is 14.0. The van der Waals surface area contributed by atoms with Crippen LogP contribution >= 0.6 is 0 Å². The third-order valence-corrected chi connectivity index (χ3v) is 2.69. The van der Waals surface area contributed by atoms with Crippen molar-refractivity contribution < 1.29 is 28.4 Å². The number of ether oxygens (including phenoxy) is 6. The first kappa shape index (κ1) is 20.8. The predicted octanol–water partition coefficient (Wildman–Crippen LogP) is 2.21. The van der Waals surface area contributed by atoms with Gasteiger partial charge in [0.05, 0.1) is 39.6 Å². The lowest BCUT2D eigenvalue weighted by atomic mass is 10.4. The van der Waals surface area contributed by atoms with E-state index < -0.39 is 5.97 Å². The van der Waals surface area contributed by atoms with Gasteiger partial charge < -0.3 is 28.4 Å². The molecule has 0 saturated carbocycles. The summed E-state index contributed by atoms with van der Waals surface area (Å²) < 4.78 is 33.1. The lowest BCUT2D eigenvalue weighted by Gasteiger charge is -2.32. The summed E-state index contributed by atoms with van der Waals surface area (Å²) in [5, 5.41) is 0. The molecule has 0 spiro atoms. The van der Waals surface area contributed by atoms with Crippen molar-refractivity contribution in [1.82, 2.24) is 0 Å². The van der Waals surface area contributed by atoms with Crippen LogP contribution in [0.25, 0.3) is 0 Å². The molecule has 0 aromatic rings. The average molecular weight is 308 g/mol. The minimum absolute atomic E-state index is 0.422. The Hall–Kier alpha value is -0.240. The predicted molar refractivity (Wildman–Crippen MR) is 80.4 cm³/mol. The summed E-state index contributed by atoms with van der Waals surface area (Å²) in [4.78, 5) is 0. The van der Waals surface area contributed by atoms with Crippen molar-refractivity contribution in [2.75, 3.05) is 59.5 Å². The van der Waals surface area contributed by atoms with Crippen LogP contribution in [0, 0.1) is 0 Å². The molecule has 0 radical (unpaired) electrons. The van der Waals surface area contributed by atoms with Crippen LogP contribution < -0.4 is 0 Å². The lowest BCUT2D eigenvalue weighted by molar-refractivity contribution is -0.386. The summed E-state index contributed by atoms with van der Waals surface area (Å²) in [6, 6.07) is 0. The molecule has 21 heavy (non-hydrogen) atoms. The maximum absolute atomic E-state index is 5.76. The van der Waals surface area contributed by atoms with E-state index in [2.05, 4.69) is 0 Å². The minimum atomic E-state index is -1.05. The van der Waals surface area contributed by atoms with Crippen LogP contribution in [0.4, 0.5) is 0 Å². The number of rotatable bonds is 16. The molecular formula is C15H32O6. The van der Waals surface area contributed by atoms with Gasteiger partial charge in [0, 0.05) is 26.2 Å². The Morgan fingerprint density at radius 2 is 0.857 bits per heavy atom. The third kappa shape index (κ3) is 11.0. The Morgan fingerprint density at radius 1 is 0.524 bits per heavy atom. The third-order valence-electron chi connectivity index (χ3n) is 2.69. The van der Waals surface area contributed by atoms with Gasteiger partial charge in [0.2, 0.25) is 0 Å². The first-order chi connectivity index (χ1) is 10.2. The van der Waals surface area contributed by atoms with Crippen molar-refractivity contribution in [3.05, 3.63) is 0 Å². The zero-order chi connectivity index (χ0) is 15.8. The summed E-state index contributed by atoms with van der Waals surface area (Å²) in [5.74, 6) is -1.05. The van der Waals surface area contributed by atoms with E-state index >= 15 is 0 Å². The fourth-order valence-corrected chi connectivity index (χ4v) is 1.63. The molecule has 0 fully saturated rings. The smallest absolute Gasteiger partial charge is 0.282 e. The largest absolute Gasteiger partial charge is 0.379 e. The van der Waals surface area contributed by atoms with E-state index in [1.807, 2.05) is 27.7 Å². The van der Waals surface area contributed by atoms with Gasteiger partial charge in [0.1, 0.15) is 0 Å². The molecule has 0 saturated heterocycles. The molecule has 128 valence electrons. The molecule has 6 heteroatoms. The van der Waals surface area contributed by atoms with Crippen LogP contribution in [0.2, 0.25) is 0 Å². The first-order valence-corrected chi connectivity index (χ1v) is 7.89. The van der Waals surface area contributed by atoms with Gasteiger partial charge >= 0.3 is 0 Å². The monoisotopic (exact) mass is 308 g/mol. The Morgan fingerprint density at radius 3 is 1.10 bits per heavy atom. The van der Waals surface area contributed by atoms with E-state index in [0.29, 0.717) is 65.9 Å². The topological polar surface area (TPSA) is 55.4 Å². The number of hydrogen-bond donors (Lipinski definition) is 0. The molecule has 0 aliphatic heterocycles. The molecule has 0 rings (SSSR count). The fourth-order valence-electron chi connectivity index (χ4n) is 1.63. The highest BCUT2D eigenvalue weighted by Gasteiger charge is 2.31. The van der Waals surface area contributed by atoms with E-state index in [1.165, 1.54) is 0 Å². The summed E-state index contributed by atoms with van der Waals surface area (Å²) in [6.45, 7) is 12.6. The van der Waals surface area contributed by atoms with Crippen molar-refractivity contribution >= 4 is 0 Å². The van der Waals surface area contributed by atoms with Gasteiger partial charge in [-0.15, -0.1) is 0 Å². The van der Waals surface area contributed by atoms with Crippen LogP contribution in [-0.4, -0.2) is 65.4 Å². The van der Waals surface area contributed by atoms with Crippen LogP contribution in [0.5, 0.6) is 0 Å². The van der Waals surface area contributed by atoms with Crippen LogP contribution in [-0.2, 0) is 28.4 Å². The zero-order valence-electron chi connectivity index (χ0n) is 14.0. The normalized spacial score (nSPS) is 12.0. The van der Waals surface area contributed by atoms with Crippen molar-refractivity contribution in [2.45, 2.75) is 40.1 Å². The second-order valence-corrected chi connectivity index (χ2v) is 4.17. The molecular weight excluding hydrogens is 276 g/mol. The Labute approximate surface area is 129 Å². The van der Waals surface area contributed by atoms with Gasteiger partial charge in [-0.05, 0) is 20.8 Å². The van der Waals surface area contributed by atoms with Gasteiger partial charge in [-0.2, -0.15) is 0 Å². The van der Waals surface area contributed by atoms with E-state index in [4.69, 9.17) is 28.4 Å². The Bertz CT molecular complexity index is 181. The van der Waals surface area contributed by atoms with Gasteiger partial charge in [-0.25, -0.2) is 0 Å². The van der Waals surface area contributed by atoms with Gasteiger partial charge in [0.15, 0.2) is 0 Å². The molecule has 0 N–H and O–H groups in total. The molecule has 0 aliphatic carbocycles. The lowest BCUT2D eigenvalue weighted by Crippen LogP contribution is -2.41. The Balaban J connectivity index is 4.22. The van der Waals surface area contributed by atoms with Crippen molar-refractivity contribution in [1.29, 1.82) is 0 Å². The fraction of sp³-hybridized carbons (Fsp3) is 1.00.